The fourth-order valence-electron chi connectivity index (χ4n) is 1.76. The number of aromatic nitrogens is 1. The maximum absolute atomic E-state index is 4.08. The Kier molecular flexibility index (Phi) is 4.33. The third-order valence-corrected chi connectivity index (χ3v) is 3.76. The first-order chi connectivity index (χ1) is 8.66. The molecule has 0 spiro atoms. The molecule has 1 aromatic heterocycles. The van der Waals surface area contributed by atoms with Crippen LogP contribution in [0.4, 0.5) is 5.69 Å². The molecule has 0 bridgehead atoms. The molecule has 0 aliphatic rings. The molecule has 18 heavy (non-hydrogen) atoms. The maximum Gasteiger partial charge on any atom is 0.0794 e. The van der Waals surface area contributed by atoms with E-state index in [0.717, 1.165) is 6.54 Å². The second-order valence-corrected chi connectivity index (χ2v) is 5.53. The minimum absolute atomic E-state index is 0.350. The van der Waals surface area contributed by atoms with Gasteiger partial charge in [-0.3, -0.25) is 4.98 Å². The molecule has 1 atom stereocenters. The average molecular weight is 261 g/mol. The molecule has 0 saturated carbocycles. The molecule has 0 aliphatic carbocycles. The quantitative estimate of drug-likeness (QED) is 0.896. The van der Waals surface area contributed by atoms with E-state index in [0.29, 0.717) is 6.04 Å². The van der Waals surface area contributed by atoms with E-state index in [9.17, 15) is 0 Å². The lowest BCUT2D eigenvalue weighted by molar-refractivity contribution is 0.578. The molecule has 1 aromatic carbocycles. The largest absolute Gasteiger partial charge is 0.378 e. The van der Waals surface area contributed by atoms with Gasteiger partial charge in [-0.2, -0.15) is 0 Å². The molecule has 2 rings (SSSR count). The van der Waals surface area contributed by atoms with E-state index in [1.165, 1.54) is 16.1 Å². The second-order valence-electron chi connectivity index (χ2n) is 4.56. The highest BCUT2D eigenvalue weighted by molar-refractivity contribution is 7.09. The summed E-state index contributed by atoms with van der Waals surface area (Å²) in [6, 6.07) is 9.02. The highest BCUT2D eigenvalue weighted by Gasteiger charge is 2.05. The fourth-order valence-corrected chi connectivity index (χ4v) is 2.31. The van der Waals surface area contributed by atoms with Crippen LogP contribution in [0.25, 0.3) is 0 Å². The van der Waals surface area contributed by atoms with E-state index in [4.69, 9.17) is 0 Å². The van der Waals surface area contributed by atoms with Gasteiger partial charge in [-0.25, -0.2) is 0 Å². The molecule has 0 radical (unpaired) electrons. The zero-order valence-corrected chi connectivity index (χ0v) is 11.9. The number of nitrogens with one attached hydrogen (secondary N) is 1. The number of hydrogen-bond acceptors (Lipinski definition) is 4. The fraction of sp³-hybridized carbons (Fsp3) is 0.357. The Labute approximate surface area is 112 Å². The molecule has 1 N–H and O–H groups in total. The van der Waals surface area contributed by atoms with Crippen LogP contribution in [-0.4, -0.2) is 19.1 Å². The third kappa shape index (κ3) is 3.31. The summed E-state index contributed by atoms with van der Waals surface area (Å²) in [6.07, 6.45) is 1.92. The van der Waals surface area contributed by atoms with Crippen molar-refractivity contribution >= 4 is 17.0 Å². The molecule has 0 aliphatic heterocycles. The van der Waals surface area contributed by atoms with Gasteiger partial charge in [-0.05, 0) is 24.6 Å². The smallest absolute Gasteiger partial charge is 0.0794 e. The van der Waals surface area contributed by atoms with Gasteiger partial charge in [0.1, 0.15) is 0 Å². The molecule has 0 amide bonds. The van der Waals surface area contributed by atoms with Gasteiger partial charge < -0.3 is 10.2 Å². The van der Waals surface area contributed by atoms with Gasteiger partial charge in [0.25, 0.3) is 0 Å². The van der Waals surface area contributed by atoms with E-state index in [1.807, 2.05) is 11.7 Å². The van der Waals surface area contributed by atoms with Crippen LogP contribution in [-0.2, 0) is 6.54 Å². The number of rotatable bonds is 5. The highest BCUT2D eigenvalue weighted by Crippen LogP contribution is 2.18. The van der Waals surface area contributed by atoms with Crippen molar-refractivity contribution in [1.82, 2.24) is 10.3 Å². The Hall–Kier alpha value is -1.39. The standard InChI is InChI=1S/C14H19N3S/c1-11(16-9-14-8-15-10-18-14)12-4-6-13(7-5-12)17(2)3/h4-8,10-11,16H,9H2,1-3H3. The first kappa shape index (κ1) is 13.1. The lowest BCUT2D eigenvalue weighted by Gasteiger charge is -2.16. The summed E-state index contributed by atoms with van der Waals surface area (Å²) in [5.41, 5.74) is 4.41. The van der Waals surface area contributed by atoms with Crippen LogP contribution in [0, 0.1) is 0 Å². The molecule has 4 heteroatoms. The van der Waals surface area contributed by atoms with E-state index >= 15 is 0 Å². The SMILES string of the molecule is CC(NCc1cncs1)c1ccc(N(C)C)cc1. The molecular formula is C14H19N3S. The predicted octanol–water partition coefficient (Wildman–Crippen LogP) is 3.06. The van der Waals surface area contributed by atoms with Crippen molar-refractivity contribution in [3.05, 3.63) is 46.4 Å². The Morgan fingerprint density at radius 1 is 1.28 bits per heavy atom. The van der Waals surface area contributed by atoms with Gasteiger partial charge in [-0.15, -0.1) is 11.3 Å². The van der Waals surface area contributed by atoms with Crippen molar-refractivity contribution in [2.24, 2.45) is 0 Å². The maximum atomic E-state index is 4.08. The summed E-state index contributed by atoms with van der Waals surface area (Å²) in [7, 11) is 4.11. The third-order valence-electron chi connectivity index (χ3n) is 2.98. The minimum atomic E-state index is 0.350. The lowest BCUT2D eigenvalue weighted by atomic mass is 10.1. The van der Waals surface area contributed by atoms with Gasteiger partial charge in [0.2, 0.25) is 0 Å². The molecule has 2 aromatic rings. The molecule has 1 heterocycles. The van der Waals surface area contributed by atoms with Crippen molar-refractivity contribution in [1.29, 1.82) is 0 Å². The molecule has 0 fully saturated rings. The average Bonchev–Trinajstić information content (AvgIpc) is 2.89. The normalized spacial score (nSPS) is 12.4. The summed E-state index contributed by atoms with van der Waals surface area (Å²) in [5, 5.41) is 3.51. The van der Waals surface area contributed by atoms with Crippen LogP contribution >= 0.6 is 11.3 Å². The molecular weight excluding hydrogens is 242 g/mol. The highest BCUT2D eigenvalue weighted by atomic mass is 32.1. The van der Waals surface area contributed by atoms with Crippen LogP contribution in [0.15, 0.2) is 36.0 Å². The van der Waals surface area contributed by atoms with Crippen molar-refractivity contribution in [3.63, 3.8) is 0 Å². The van der Waals surface area contributed by atoms with E-state index < -0.39 is 0 Å². The van der Waals surface area contributed by atoms with Crippen LogP contribution in [0.5, 0.6) is 0 Å². The number of benzene rings is 1. The molecule has 0 saturated heterocycles. The van der Waals surface area contributed by atoms with Crippen LogP contribution < -0.4 is 10.2 Å². The summed E-state index contributed by atoms with van der Waals surface area (Å²) in [5.74, 6) is 0. The summed E-state index contributed by atoms with van der Waals surface area (Å²) >= 11 is 1.69. The van der Waals surface area contributed by atoms with Crippen LogP contribution in [0.3, 0.4) is 0 Å². The lowest BCUT2D eigenvalue weighted by Crippen LogP contribution is -2.17. The van der Waals surface area contributed by atoms with Crippen LogP contribution in [0.1, 0.15) is 23.4 Å². The van der Waals surface area contributed by atoms with Gasteiger partial charge in [-0.1, -0.05) is 12.1 Å². The first-order valence-corrected chi connectivity index (χ1v) is 6.93. The van der Waals surface area contributed by atoms with E-state index in [1.54, 1.807) is 11.3 Å². The summed E-state index contributed by atoms with van der Waals surface area (Å²) in [6.45, 7) is 3.06. The van der Waals surface area contributed by atoms with E-state index in [2.05, 4.69) is 60.5 Å². The van der Waals surface area contributed by atoms with Crippen molar-refractivity contribution in [2.75, 3.05) is 19.0 Å². The zero-order valence-electron chi connectivity index (χ0n) is 11.1. The van der Waals surface area contributed by atoms with Gasteiger partial charge in [0.15, 0.2) is 0 Å². The Bertz CT molecular complexity index is 462. The van der Waals surface area contributed by atoms with Crippen molar-refractivity contribution in [3.8, 4) is 0 Å². The monoisotopic (exact) mass is 261 g/mol. The van der Waals surface area contributed by atoms with Gasteiger partial charge in [0, 0.05) is 43.4 Å². The summed E-state index contributed by atoms with van der Waals surface area (Å²) < 4.78 is 0. The molecule has 3 nitrogen and oxygen atoms in total. The Balaban J connectivity index is 1.94. The van der Waals surface area contributed by atoms with Crippen molar-refractivity contribution < 1.29 is 0 Å². The van der Waals surface area contributed by atoms with Crippen LogP contribution in [0.2, 0.25) is 0 Å². The molecule has 96 valence electrons. The first-order valence-electron chi connectivity index (χ1n) is 6.05. The van der Waals surface area contributed by atoms with Crippen molar-refractivity contribution in [2.45, 2.75) is 19.5 Å². The molecule has 1 unspecified atom stereocenters. The topological polar surface area (TPSA) is 28.2 Å². The zero-order chi connectivity index (χ0) is 13.0. The number of anilines is 1. The summed E-state index contributed by atoms with van der Waals surface area (Å²) in [4.78, 5) is 7.46. The second kappa shape index (κ2) is 5.98. The number of hydrogen-bond donors (Lipinski definition) is 1. The Morgan fingerprint density at radius 3 is 2.56 bits per heavy atom. The number of nitrogens with zero attached hydrogens (tertiary/aromatic N) is 2. The van der Waals surface area contributed by atoms with Gasteiger partial charge in [0.05, 0.1) is 5.51 Å². The Morgan fingerprint density at radius 2 is 2.00 bits per heavy atom. The minimum Gasteiger partial charge on any atom is -0.378 e. The predicted molar refractivity (Wildman–Crippen MR) is 78.1 cm³/mol. The van der Waals surface area contributed by atoms with E-state index in [-0.39, 0.29) is 0 Å². The number of thiazole rings is 1. The van der Waals surface area contributed by atoms with Gasteiger partial charge >= 0.3 is 0 Å².